The highest BCUT2D eigenvalue weighted by molar-refractivity contribution is 7.15. The lowest BCUT2D eigenvalue weighted by molar-refractivity contribution is -0.146. The molecule has 0 spiro atoms. The summed E-state index contributed by atoms with van der Waals surface area (Å²) in [5.74, 6) is 2.39. The molecule has 24 heavy (non-hydrogen) atoms. The van der Waals surface area contributed by atoms with Crippen molar-refractivity contribution >= 4 is 22.4 Å². The van der Waals surface area contributed by atoms with Crippen LogP contribution in [0.3, 0.4) is 0 Å². The van der Waals surface area contributed by atoms with Gasteiger partial charge in [-0.2, -0.15) is 0 Å². The quantitative estimate of drug-likeness (QED) is 0.734. The van der Waals surface area contributed by atoms with Gasteiger partial charge in [0.15, 0.2) is 5.13 Å². The minimum Gasteiger partial charge on any atom is -0.468 e. The highest BCUT2D eigenvalue weighted by atomic mass is 32.1. The summed E-state index contributed by atoms with van der Waals surface area (Å²) < 4.78 is 4.94. The molecule has 1 heterocycles. The molecule has 2 aliphatic carbocycles. The molecule has 2 saturated carbocycles. The standard InChI is InChI=1S/C19H30N2O2S/c1-12-16(19(2,3)17(22)23-4)21-18(24-12)20-11-15(13-7-5-8-13)14-9-6-10-14/h13-15H,5-11H2,1-4H3,(H,20,21). The van der Waals surface area contributed by atoms with E-state index >= 15 is 0 Å². The summed E-state index contributed by atoms with van der Waals surface area (Å²) in [6.07, 6.45) is 8.42. The van der Waals surface area contributed by atoms with E-state index in [0.717, 1.165) is 40.0 Å². The second-order valence-corrected chi connectivity index (χ2v) is 9.17. The van der Waals surface area contributed by atoms with Gasteiger partial charge in [-0.25, -0.2) is 4.98 Å². The minimum atomic E-state index is -0.698. The molecule has 4 nitrogen and oxygen atoms in total. The second-order valence-electron chi connectivity index (χ2n) is 7.97. The first-order chi connectivity index (χ1) is 11.4. The summed E-state index contributed by atoms with van der Waals surface area (Å²) in [5.41, 5.74) is 0.141. The van der Waals surface area contributed by atoms with Crippen LogP contribution in [0.2, 0.25) is 0 Å². The van der Waals surface area contributed by atoms with Crippen LogP contribution in [0.4, 0.5) is 5.13 Å². The SMILES string of the molecule is COC(=O)C(C)(C)c1nc(NCC(C2CCC2)C2CCC2)sc1C. The van der Waals surface area contributed by atoms with Crippen molar-refractivity contribution < 1.29 is 9.53 Å². The normalized spacial score (nSPS) is 19.0. The number of aromatic nitrogens is 1. The van der Waals surface area contributed by atoms with Crippen LogP contribution in [0.1, 0.15) is 62.9 Å². The van der Waals surface area contributed by atoms with Crippen molar-refractivity contribution in [3.05, 3.63) is 10.6 Å². The maximum absolute atomic E-state index is 12.1. The number of carbonyl (C=O) groups excluding carboxylic acids is 1. The van der Waals surface area contributed by atoms with Crippen LogP contribution >= 0.6 is 11.3 Å². The van der Waals surface area contributed by atoms with Gasteiger partial charge < -0.3 is 10.1 Å². The average molecular weight is 351 g/mol. The summed E-state index contributed by atoms with van der Waals surface area (Å²) in [6.45, 7) is 6.84. The molecule has 0 aromatic carbocycles. The van der Waals surface area contributed by atoms with Crippen LogP contribution in [0.5, 0.6) is 0 Å². The van der Waals surface area contributed by atoms with Crippen molar-refractivity contribution in [1.29, 1.82) is 0 Å². The third kappa shape index (κ3) is 3.32. The number of anilines is 1. The van der Waals surface area contributed by atoms with Crippen LogP contribution in [-0.2, 0) is 14.9 Å². The predicted molar refractivity (Wildman–Crippen MR) is 98.6 cm³/mol. The molecule has 134 valence electrons. The van der Waals surface area contributed by atoms with Crippen molar-refractivity contribution in [3.63, 3.8) is 0 Å². The molecule has 0 saturated heterocycles. The van der Waals surface area contributed by atoms with Crippen molar-refractivity contribution in [2.75, 3.05) is 19.0 Å². The summed E-state index contributed by atoms with van der Waals surface area (Å²) in [5, 5.41) is 4.54. The van der Waals surface area contributed by atoms with Gasteiger partial charge in [0.25, 0.3) is 0 Å². The molecular formula is C19H30N2O2S. The van der Waals surface area contributed by atoms with Gasteiger partial charge in [0.05, 0.1) is 12.8 Å². The van der Waals surface area contributed by atoms with Gasteiger partial charge in [-0.15, -0.1) is 11.3 Å². The van der Waals surface area contributed by atoms with Crippen LogP contribution < -0.4 is 5.32 Å². The van der Waals surface area contributed by atoms with E-state index in [1.54, 1.807) is 11.3 Å². The lowest BCUT2D eigenvalue weighted by Crippen LogP contribution is -2.36. The molecule has 0 amide bonds. The fourth-order valence-corrected chi connectivity index (χ4v) is 5.04. The zero-order chi connectivity index (χ0) is 17.3. The monoisotopic (exact) mass is 350 g/mol. The maximum Gasteiger partial charge on any atom is 0.317 e. The van der Waals surface area contributed by atoms with E-state index in [4.69, 9.17) is 9.72 Å². The Morgan fingerprint density at radius 3 is 2.33 bits per heavy atom. The fraction of sp³-hybridized carbons (Fsp3) is 0.789. The van der Waals surface area contributed by atoms with Crippen LogP contribution in [-0.4, -0.2) is 24.6 Å². The van der Waals surface area contributed by atoms with Gasteiger partial charge in [0, 0.05) is 11.4 Å². The summed E-state index contributed by atoms with van der Waals surface area (Å²) in [4.78, 5) is 17.9. The van der Waals surface area contributed by atoms with Gasteiger partial charge in [-0.1, -0.05) is 38.5 Å². The Bertz CT molecular complexity index is 574. The number of ether oxygens (including phenoxy) is 1. The summed E-state index contributed by atoms with van der Waals surface area (Å²) in [7, 11) is 1.44. The Labute approximate surface area is 149 Å². The number of methoxy groups -OCH3 is 1. The lowest BCUT2D eigenvalue weighted by Gasteiger charge is -2.42. The van der Waals surface area contributed by atoms with Crippen LogP contribution in [0.25, 0.3) is 0 Å². The first kappa shape index (κ1) is 17.7. The molecule has 2 fully saturated rings. The van der Waals surface area contributed by atoms with Crippen molar-refractivity contribution in [1.82, 2.24) is 4.98 Å². The van der Waals surface area contributed by atoms with E-state index in [0.29, 0.717) is 0 Å². The number of esters is 1. The molecule has 0 atom stereocenters. The third-order valence-corrected chi connectivity index (χ3v) is 7.01. The number of hydrogen-bond acceptors (Lipinski definition) is 5. The zero-order valence-corrected chi connectivity index (χ0v) is 16.2. The molecule has 5 heteroatoms. The molecule has 1 aromatic heterocycles. The van der Waals surface area contributed by atoms with E-state index in [2.05, 4.69) is 5.32 Å². The van der Waals surface area contributed by atoms with E-state index in [1.807, 2.05) is 20.8 Å². The molecule has 0 bridgehead atoms. The van der Waals surface area contributed by atoms with Gasteiger partial charge >= 0.3 is 5.97 Å². The number of nitrogens with one attached hydrogen (secondary N) is 1. The Kier molecular flexibility index (Phi) is 5.19. The van der Waals surface area contributed by atoms with Crippen LogP contribution in [0, 0.1) is 24.7 Å². The fourth-order valence-electron chi connectivity index (χ4n) is 4.06. The highest BCUT2D eigenvalue weighted by Gasteiger charge is 2.37. The topological polar surface area (TPSA) is 51.2 Å². The molecule has 0 aliphatic heterocycles. The van der Waals surface area contributed by atoms with E-state index in [1.165, 1.54) is 45.6 Å². The van der Waals surface area contributed by atoms with E-state index in [9.17, 15) is 4.79 Å². The predicted octanol–water partition coefficient (Wildman–Crippen LogP) is 4.53. The molecular weight excluding hydrogens is 320 g/mol. The average Bonchev–Trinajstić information content (AvgIpc) is 2.81. The lowest BCUT2D eigenvalue weighted by atomic mass is 9.64. The maximum atomic E-state index is 12.1. The number of carbonyl (C=O) groups is 1. The number of rotatable bonds is 7. The first-order valence-corrected chi connectivity index (χ1v) is 10.0. The Hall–Kier alpha value is -1.10. The minimum absolute atomic E-state index is 0.232. The largest absolute Gasteiger partial charge is 0.468 e. The number of aryl methyl sites for hydroxylation is 1. The van der Waals surface area contributed by atoms with Crippen LogP contribution in [0.15, 0.2) is 0 Å². The number of nitrogens with zero attached hydrogens (tertiary/aromatic N) is 1. The Morgan fingerprint density at radius 2 is 1.88 bits per heavy atom. The Balaban J connectivity index is 1.67. The van der Waals surface area contributed by atoms with Crippen molar-refractivity contribution in [2.45, 2.75) is 64.7 Å². The van der Waals surface area contributed by atoms with Gasteiger partial charge in [0.1, 0.15) is 5.41 Å². The van der Waals surface area contributed by atoms with Crippen molar-refractivity contribution in [3.8, 4) is 0 Å². The van der Waals surface area contributed by atoms with Crippen molar-refractivity contribution in [2.24, 2.45) is 17.8 Å². The van der Waals surface area contributed by atoms with Gasteiger partial charge in [-0.3, -0.25) is 4.79 Å². The molecule has 0 radical (unpaired) electrons. The van der Waals surface area contributed by atoms with Gasteiger partial charge in [-0.05, 0) is 38.5 Å². The van der Waals surface area contributed by atoms with E-state index < -0.39 is 5.41 Å². The highest BCUT2D eigenvalue weighted by Crippen LogP contribution is 2.44. The smallest absolute Gasteiger partial charge is 0.317 e. The third-order valence-electron chi connectivity index (χ3n) is 6.08. The second kappa shape index (κ2) is 7.03. The molecule has 2 aliphatic rings. The summed E-state index contributed by atoms with van der Waals surface area (Å²) >= 11 is 1.66. The number of hydrogen-bond donors (Lipinski definition) is 1. The molecule has 1 N–H and O–H groups in total. The van der Waals surface area contributed by atoms with Gasteiger partial charge in [0.2, 0.25) is 0 Å². The Morgan fingerprint density at radius 1 is 1.29 bits per heavy atom. The van der Waals surface area contributed by atoms with E-state index in [-0.39, 0.29) is 5.97 Å². The molecule has 1 aromatic rings. The summed E-state index contributed by atoms with van der Waals surface area (Å²) in [6, 6.07) is 0. The number of thiazole rings is 1. The molecule has 3 rings (SSSR count). The first-order valence-electron chi connectivity index (χ1n) is 9.23. The molecule has 0 unspecified atom stereocenters. The zero-order valence-electron chi connectivity index (χ0n) is 15.4.